The van der Waals surface area contributed by atoms with Gasteiger partial charge in [-0.05, 0) is 62.4 Å². The minimum Gasteiger partial charge on any atom is -0.441 e. The summed E-state index contributed by atoms with van der Waals surface area (Å²) in [5.74, 6) is 0.361. The number of nitrogens with zero attached hydrogens (tertiary/aromatic N) is 1. The number of hydrogen-bond acceptors (Lipinski definition) is 5. The Balaban J connectivity index is 1.45. The average Bonchev–Trinajstić information content (AvgIpc) is 3.18. The molecule has 0 fully saturated rings. The highest BCUT2D eigenvalue weighted by Gasteiger charge is 2.18. The molecule has 0 radical (unpaired) electrons. The fourth-order valence-electron chi connectivity index (χ4n) is 3.05. The molecule has 4 aromatic rings. The van der Waals surface area contributed by atoms with E-state index in [1.54, 1.807) is 55.5 Å². The minimum absolute atomic E-state index is 0.177. The Labute approximate surface area is 186 Å². The van der Waals surface area contributed by atoms with Crippen LogP contribution in [0.3, 0.4) is 0 Å². The Morgan fingerprint density at radius 1 is 0.844 bits per heavy atom. The monoisotopic (exact) mass is 447 g/mol. The van der Waals surface area contributed by atoms with E-state index in [9.17, 15) is 13.2 Å². The molecule has 0 bridgehead atoms. The fourth-order valence-corrected chi connectivity index (χ4v) is 4.11. The Hall–Kier alpha value is -3.91. The third-order valence-corrected chi connectivity index (χ3v) is 6.16. The molecule has 2 N–H and O–H groups in total. The van der Waals surface area contributed by atoms with E-state index in [0.29, 0.717) is 23.0 Å². The number of carbonyl (C=O) groups is 1. The van der Waals surface area contributed by atoms with Crippen molar-refractivity contribution in [1.82, 2.24) is 4.98 Å². The molecule has 7 nitrogen and oxygen atoms in total. The first-order chi connectivity index (χ1) is 15.3. The molecule has 1 aromatic heterocycles. The van der Waals surface area contributed by atoms with Gasteiger partial charge in [0, 0.05) is 16.9 Å². The van der Waals surface area contributed by atoms with Crippen LogP contribution >= 0.6 is 0 Å². The average molecular weight is 448 g/mol. The summed E-state index contributed by atoms with van der Waals surface area (Å²) in [6.45, 7) is 3.57. The van der Waals surface area contributed by atoms with Crippen LogP contribution in [0.5, 0.6) is 0 Å². The van der Waals surface area contributed by atoms with Gasteiger partial charge in [-0.2, -0.15) is 0 Å². The lowest BCUT2D eigenvalue weighted by molar-refractivity contribution is 0.102. The molecule has 32 heavy (non-hydrogen) atoms. The summed E-state index contributed by atoms with van der Waals surface area (Å²) in [7, 11) is -3.70. The van der Waals surface area contributed by atoms with E-state index < -0.39 is 15.9 Å². The number of aryl methyl sites for hydroxylation is 2. The van der Waals surface area contributed by atoms with Gasteiger partial charge in [-0.25, -0.2) is 13.4 Å². The van der Waals surface area contributed by atoms with Gasteiger partial charge in [0.25, 0.3) is 15.9 Å². The van der Waals surface area contributed by atoms with Crippen LogP contribution in [-0.2, 0) is 10.0 Å². The second-order valence-corrected chi connectivity index (χ2v) is 8.92. The van der Waals surface area contributed by atoms with Crippen molar-refractivity contribution in [2.75, 3.05) is 10.0 Å². The van der Waals surface area contributed by atoms with Crippen LogP contribution in [0.4, 0.5) is 11.4 Å². The lowest BCUT2D eigenvalue weighted by Crippen LogP contribution is -2.14. The van der Waals surface area contributed by atoms with Crippen LogP contribution in [0.1, 0.15) is 21.8 Å². The van der Waals surface area contributed by atoms with Crippen molar-refractivity contribution in [1.29, 1.82) is 0 Å². The molecular formula is C24H21N3O4S. The summed E-state index contributed by atoms with van der Waals surface area (Å²) >= 11 is 0. The summed E-state index contributed by atoms with van der Waals surface area (Å²) in [4.78, 5) is 17.1. The van der Waals surface area contributed by atoms with E-state index >= 15 is 0 Å². The van der Waals surface area contributed by atoms with Gasteiger partial charge in [0.15, 0.2) is 5.69 Å². The first-order valence-corrected chi connectivity index (χ1v) is 11.3. The SMILES string of the molecule is Cc1ccc(S(=O)(=O)Nc2ccc(NC(=O)c3nc(-c4ccccc4)oc3C)cc2)cc1. The van der Waals surface area contributed by atoms with Crippen molar-refractivity contribution in [3.8, 4) is 11.5 Å². The summed E-state index contributed by atoms with van der Waals surface area (Å²) in [6, 6.07) is 22.3. The maximum absolute atomic E-state index is 12.7. The molecule has 4 rings (SSSR count). The Kier molecular flexibility index (Phi) is 5.79. The first-order valence-electron chi connectivity index (χ1n) is 9.85. The number of carbonyl (C=O) groups excluding carboxylic acids is 1. The summed E-state index contributed by atoms with van der Waals surface area (Å²) < 4.78 is 33.2. The molecule has 8 heteroatoms. The standard InChI is InChI=1S/C24H21N3O4S/c1-16-8-14-21(15-9-16)32(29,30)27-20-12-10-19(11-13-20)25-23(28)22-17(2)31-24(26-22)18-6-4-3-5-7-18/h3-15,27H,1-2H3,(H,25,28). The predicted octanol–water partition coefficient (Wildman–Crippen LogP) is 5.01. The maximum Gasteiger partial charge on any atom is 0.277 e. The normalized spacial score (nSPS) is 11.2. The molecule has 0 unspecified atom stereocenters. The highest BCUT2D eigenvalue weighted by molar-refractivity contribution is 7.92. The molecule has 3 aromatic carbocycles. The van der Waals surface area contributed by atoms with Crippen LogP contribution in [0, 0.1) is 13.8 Å². The molecule has 0 aliphatic heterocycles. The van der Waals surface area contributed by atoms with Crippen LogP contribution in [0.2, 0.25) is 0 Å². The van der Waals surface area contributed by atoms with Crippen LogP contribution < -0.4 is 10.0 Å². The summed E-state index contributed by atoms with van der Waals surface area (Å²) in [5, 5.41) is 2.75. The quantitative estimate of drug-likeness (QED) is 0.433. The first kappa shape index (κ1) is 21.3. The molecule has 1 amide bonds. The zero-order valence-corrected chi connectivity index (χ0v) is 18.3. The summed E-state index contributed by atoms with van der Waals surface area (Å²) in [6.07, 6.45) is 0. The number of rotatable bonds is 6. The minimum atomic E-state index is -3.70. The smallest absolute Gasteiger partial charge is 0.277 e. The third-order valence-electron chi connectivity index (χ3n) is 4.76. The van der Waals surface area contributed by atoms with Gasteiger partial charge in [0.1, 0.15) is 5.76 Å². The molecule has 0 atom stereocenters. The van der Waals surface area contributed by atoms with Gasteiger partial charge < -0.3 is 9.73 Å². The summed E-state index contributed by atoms with van der Waals surface area (Å²) in [5.41, 5.74) is 2.82. The number of benzene rings is 3. The van der Waals surface area contributed by atoms with Crippen molar-refractivity contribution >= 4 is 27.3 Å². The van der Waals surface area contributed by atoms with Crippen LogP contribution in [-0.4, -0.2) is 19.3 Å². The molecule has 0 spiro atoms. The molecule has 0 saturated carbocycles. The van der Waals surface area contributed by atoms with Crippen molar-refractivity contribution in [3.63, 3.8) is 0 Å². The lowest BCUT2D eigenvalue weighted by Gasteiger charge is -2.09. The maximum atomic E-state index is 12.7. The van der Waals surface area contributed by atoms with Gasteiger partial charge in [0.05, 0.1) is 4.90 Å². The highest BCUT2D eigenvalue weighted by atomic mass is 32.2. The Bertz CT molecular complexity index is 1340. The number of oxazole rings is 1. The van der Waals surface area contributed by atoms with Crippen molar-refractivity contribution < 1.29 is 17.6 Å². The van der Waals surface area contributed by atoms with Crippen LogP contribution in [0.25, 0.3) is 11.5 Å². The molecule has 0 aliphatic rings. The van der Waals surface area contributed by atoms with Gasteiger partial charge in [-0.15, -0.1) is 0 Å². The number of aromatic nitrogens is 1. The number of anilines is 2. The Morgan fingerprint density at radius 3 is 2.12 bits per heavy atom. The number of nitrogens with one attached hydrogen (secondary N) is 2. The third kappa shape index (κ3) is 4.70. The van der Waals surface area contributed by atoms with E-state index in [2.05, 4.69) is 15.0 Å². The lowest BCUT2D eigenvalue weighted by atomic mass is 10.2. The molecule has 162 valence electrons. The largest absolute Gasteiger partial charge is 0.441 e. The highest BCUT2D eigenvalue weighted by Crippen LogP contribution is 2.23. The fraction of sp³-hybridized carbons (Fsp3) is 0.0833. The van der Waals surface area contributed by atoms with Crippen molar-refractivity contribution in [3.05, 3.63) is 95.9 Å². The van der Waals surface area contributed by atoms with E-state index in [0.717, 1.165) is 11.1 Å². The van der Waals surface area contributed by atoms with Gasteiger partial charge >= 0.3 is 0 Å². The molecule has 0 aliphatic carbocycles. The molecule has 1 heterocycles. The second-order valence-electron chi connectivity index (χ2n) is 7.24. The van der Waals surface area contributed by atoms with E-state index in [1.165, 1.54) is 0 Å². The van der Waals surface area contributed by atoms with E-state index in [4.69, 9.17) is 4.42 Å². The van der Waals surface area contributed by atoms with Crippen LogP contribution in [0.15, 0.2) is 88.2 Å². The predicted molar refractivity (Wildman–Crippen MR) is 123 cm³/mol. The second kappa shape index (κ2) is 8.68. The van der Waals surface area contributed by atoms with Gasteiger partial charge in [-0.3, -0.25) is 9.52 Å². The van der Waals surface area contributed by atoms with Gasteiger partial charge in [0.2, 0.25) is 5.89 Å². The Morgan fingerprint density at radius 2 is 1.47 bits per heavy atom. The molecular weight excluding hydrogens is 426 g/mol. The van der Waals surface area contributed by atoms with E-state index in [1.807, 2.05) is 37.3 Å². The number of hydrogen-bond donors (Lipinski definition) is 2. The molecule has 0 saturated heterocycles. The zero-order chi connectivity index (χ0) is 22.7. The van der Waals surface area contributed by atoms with E-state index in [-0.39, 0.29) is 10.6 Å². The van der Waals surface area contributed by atoms with Gasteiger partial charge in [-0.1, -0.05) is 35.9 Å². The zero-order valence-electron chi connectivity index (χ0n) is 17.5. The number of amides is 1. The van der Waals surface area contributed by atoms with Crippen molar-refractivity contribution in [2.45, 2.75) is 18.7 Å². The number of sulfonamides is 1. The topological polar surface area (TPSA) is 101 Å². The van der Waals surface area contributed by atoms with Crippen molar-refractivity contribution in [2.24, 2.45) is 0 Å².